The summed E-state index contributed by atoms with van der Waals surface area (Å²) in [5.41, 5.74) is 1.32. The summed E-state index contributed by atoms with van der Waals surface area (Å²) >= 11 is 0. The highest BCUT2D eigenvalue weighted by molar-refractivity contribution is 6.02. The molecule has 3 N–H and O–H groups in total. The summed E-state index contributed by atoms with van der Waals surface area (Å²) in [6.07, 6.45) is 0. The van der Waals surface area contributed by atoms with Crippen molar-refractivity contribution in [2.45, 2.75) is 5.41 Å². The summed E-state index contributed by atoms with van der Waals surface area (Å²) in [4.78, 5) is 24.5. The van der Waals surface area contributed by atoms with Gasteiger partial charge in [-0.05, 0) is 17.7 Å². The van der Waals surface area contributed by atoms with Gasteiger partial charge >= 0.3 is 0 Å². The average molecular weight is 340 g/mol. The highest BCUT2D eigenvalue weighted by atomic mass is 16.5. The third kappa shape index (κ3) is 2.64. The maximum absolute atomic E-state index is 12.3. The van der Waals surface area contributed by atoms with Gasteiger partial charge in [-0.25, -0.2) is 0 Å². The average Bonchev–Trinajstić information content (AvgIpc) is 3.06. The van der Waals surface area contributed by atoms with Gasteiger partial charge in [0, 0.05) is 25.2 Å². The third-order valence-corrected chi connectivity index (χ3v) is 4.62. The molecule has 2 amide bonds. The molecular formula is C19H20N2O4. The molecule has 0 saturated heterocycles. The van der Waals surface area contributed by atoms with Crippen LogP contribution in [0.2, 0.25) is 0 Å². The Morgan fingerprint density at radius 3 is 2.40 bits per heavy atom. The molecule has 0 aromatic heterocycles. The van der Waals surface area contributed by atoms with Gasteiger partial charge in [0.2, 0.25) is 0 Å². The summed E-state index contributed by atoms with van der Waals surface area (Å²) in [5, 5.41) is 15.3. The van der Waals surface area contributed by atoms with Crippen molar-refractivity contribution in [3.63, 3.8) is 0 Å². The van der Waals surface area contributed by atoms with Crippen LogP contribution in [0.5, 0.6) is 5.75 Å². The predicted octanol–water partition coefficient (Wildman–Crippen LogP) is 1.08. The quantitative estimate of drug-likeness (QED) is 0.777. The van der Waals surface area contributed by atoms with E-state index in [2.05, 4.69) is 10.6 Å². The monoisotopic (exact) mass is 340 g/mol. The van der Waals surface area contributed by atoms with E-state index in [0.717, 1.165) is 5.56 Å². The van der Waals surface area contributed by atoms with Crippen molar-refractivity contribution < 1.29 is 19.4 Å². The minimum absolute atomic E-state index is 0.198. The molecule has 1 atom stereocenters. The number of carbonyl (C=O) groups excluding carboxylic acids is 2. The lowest BCUT2D eigenvalue weighted by atomic mass is 9.76. The number of aliphatic hydroxyl groups is 1. The van der Waals surface area contributed by atoms with Crippen molar-refractivity contribution >= 4 is 11.8 Å². The standard InChI is InChI=1S/C19H20N2O4/c1-20-17(23)12-8-14(18(24)21-2)16-15(9-12)19(10-22,11-25-16)13-6-4-3-5-7-13/h3-9,22H,10-11H2,1-2H3,(H,20,23)(H,21,24). The number of fused-ring (bicyclic) bond motifs is 1. The molecule has 25 heavy (non-hydrogen) atoms. The van der Waals surface area contributed by atoms with Crippen LogP contribution >= 0.6 is 0 Å². The van der Waals surface area contributed by atoms with Gasteiger partial charge in [0.15, 0.2) is 0 Å². The Labute approximate surface area is 145 Å². The van der Waals surface area contributed by atoms with Gasteiger partial charge < -0.3 is 20.5 Å². The number of ether oxygens (including phenoxy) is 1. The van der Waals surface area contributed by atoms with Crippen LogP contribution in [-0.4, -0.2) is 44.2 Å². The van der Waals surface area contributed by atoms with Crippen molar-refractivity contribution in [2.75, 3.05) is 27.3 Å². The number of aliphatic hydroxyl groups excluding tert-OH is 1. The number of benzene rings is 2. The molecule has 0 bridgehead atoms. The molecule has 1 unspecified atom stereocenters. The topological polar surface area (TPSA) is 87.7 Å². The molecule has 3 rings (SSSR count). The van der Waals surface area contributed by atoms with Crippen molar-refractivity contribution in [2.24, 2.45) is 0 Å². The number of hydrogen-bond acceptors (Lipinski definition) is 4. The van der Waals surface area contributed by atoms with E-state index >= 15 is 0 Å². The van der Waals surface area contributed by atoms with Gasteiger partial charge in [0.1, 0.15) is 12.4 Å². The summed E-state index contributed by atoms with van der Waals surface area (Å²) in [6.45, 7) is -0.00155. The maximum atomic E-state index is 12.3. The summed E-state index contributed by atoms with van der Waals surface area (Å²) in [6, 6.07) is 12.7. The number of hydrogen-bond donors (Lipinski definition) is 3. The Bertz CT molecular complexity index is 820. The SMILES string of the molecule is CNC(=O)c1cc(C(=O)NC)c2c(c1)C(CO)(c1ccccc1)CO2. The number of carbonyl (C=O) groups is 2. The first-order valence-corrected chi connectivity index (χ1v) is 7.99. The molecule has 0 radical (unpaired) electrons. The smallest absolute Gasteiger partial charge is 0.254 e. The van der Waals surface area contributed by atoms with Gasteiger partial charge in [0.05, 0.1) is 17.6 Å². The van der Waals surface area contributed by atoms with E-state index in [1.54, 1.807) is 6.07 Å². The van der Waals surface area contributed by atoms with Crippen LogP contribution in [0.3, 0.4) is 0 Å². The van der Waals surface area contributed by atoms with Crippen molar-refractivity contribution in [1.29, 1.82) is 0 Å². The number of amides is 2. The molecule has 1 aliphatic heterocycles. The first-order valence-electron chi connectivity index (χ1n) is 7.99. The van der Waals surface area contributed by atoms with Gasteiger partial charge in [-0.3, -0.25) is 9.59 Å². The van der Waals surface area contributed by atoms with Crippen LogP contribution in [-0.2, 0) is 5.41 Å². The highest BCUT2D eigenvalue weighted by Crippen LogP contribution is 2.45. The van der Waals surface area contributed by atoms with Crippen LogP contribution < -0.4 is 15.4 Å². The van der Waals surface area contributed by atoms with Gasteiger partial charge in [-0.2, -0.15) is 0 Å². The molecule has 2 aromatic rings. The van der Waals surface area contributed by atoms with Gasteiger partial charge in [-0.15, -0.1) is 0 Å². The molecule has 6 heteroatoms. The molecule has 2 aromatic carbocycles. The highest BCUT2D eigenvalue weighted by Gasteiger charge is 2.44. The van der Waals surface area contributed by atoms with E-state index in [-0.39, 0.29) is 30.6 Å². The Morgan fingerprint density at radius 2 is 1.80 bits per heavy atom. The fourth-order valence-electron chi connectivity index (χ4n) is 3.21. The van der Waals surface area contributed by atoms with E-state index in [4.69, 9.17) is 4.74 Å². The second-order valence-electron chi connectivity index (χ2n) is 5.95. The first kappa shape index (κ1) is 17.0. The number of rotatable bonds is 4. The molecule has 0 spiro atoms. The fourth-order valence-corrected chi connectivity index (χ4v) is 3.21. The van der Waals surface area contributed by atoms with E-state index < -0.39 is 5.41 Å². The van der Waals surface area contributed by atoms with Crippen molar-refractivity contribution in [1.82, 2.24) is 10.6 Å². The Hall–Kier alpha value is -2.86. The van der Waals surface area contributed by atoms with E-state index in [1.807, 2.05) is 30.3 Å². The zero-order valence-corrected chi connectivity index (χ0v) is 14.1. The molecular weight excluding hydrogens is 320 g/mol. The minimum atomic E-state index is -0.816. The lowest BCUT2D eigenvalue weighted by Gasteiger charge is -2.26. The van der Waals surface area contributed by atoms with Crippen molar-refractivity contribution in [3.05, 3.63) is 64.7 Å². The lowest BCUT2D eigenvalue weighted by molar-refractivity contribution is 0.0959. The Kier molecular flexibility index (Phi) is 4.46. The predicted molar refractivity (Wildman–Crippen MR) is 93.0 cm³/mol. The zero-order valence-electron chi connectivity index (χ0n) is 14.1. The number of nitrogens with one attached hydrogen (secondary N) is 2. The normalized spacial score (nSPS) is 18.2. The summed E-state index contributed by atoms with van der Waals surface area (Å²) in [7, 11) is 3.05. The summed E-state index contributed by atoms with van der Waals surface area (Å²) < 4.78 is 5.83. The molecule has 1 aliphatic rings. The molecule has 0 saturated carbocycles. The van der Waals surface area contributed by atoms with E-state index in [0.29, 0.717) is 16.9 Å². The summed E-state index contributed by atoms with van der Waals surface area (Å²) in [5.74, 6) is -0.242. The van der Waals surface area contributed by atoms with Crippen LogP contribution in [0.1, 0.15) is 31.8 Å². The molecule has 0 aliphatic carbocycles. The van der Waals surface area contributed by atoms with Gasteiger partial charge in [-0.1, -0.05) is 30.3 Å². The Balaban J connectivity index is 2.27. The molecule has 6 nitrogen and oxygen atoms in total. The molecule has 0 fully saturated rings. The first-order chi connectivity index (χ1) is 12.1. The van der Waals surface area contributed by atoms with Gasteiger partial charge in [0.25, 0.3) is 11.8 Å². The Morgan fingerprint density at radius 1 is 1.12 bits per heavy atom. The molecule has 130 valence electrons. The van der Waals surface area contributed by atoms with E-state index in [1.165, 1.54) is 20.2 Å². The van der Waals surface area contributed by atoms with Crippen LogP contribution in [0.15, 0.2) is 42.5 Å². The second kappa shape index (κ2) is 6.57. The fraction of sp³-hybridized carbons (Fsp3) is 0.263. The maximum Gasteiger partial charge on any atom is 0.254 e. The van der Waals surface area contributed by atoms with Crippen LogP contribution in [0.4, 0.5) is 0 Å². The van der Waals surface area contributed by atoms with E-state index in [9.17, 15) is 14.7 Å². The largest absolute Gasteiger partial charge is 0.491 e. The second-order valence-corrected chi connectivity index (χ2v) is 5.95. The van der Waals surface area contributed by atoms with Crippen molar-refractivity contribution in [3.8, 4) is 5.75 Å². The molecule has 1 heterocycles. The minimum Gasteiger partial charge on any atom is -0.491 e. The van der Waals surface area contributed by atoms with Crippen LogP contribution in [0, 0.1) is 0 Å². The zero-order chi connectivity index (χ0) is 18.0. The van der Waals surface area contributed by atoms with Crippen LogP contribution in [0.25, 0.3) is 0 Å². The lowest BCUT2D eigenvalue weighted by Crippen LogP contribution is -2.34. The third-order valence-electron chi connectivity index (χ3n) is 4.62.